The van der Waals surface area contributed by atoms with Crippen LogP contribution < -0.4 is 4.74 Å². The van der Waals surface area contributed by atoms with Crippen LogP contribution >= 0.6 is 12.4 Å². The molecule has 26 heavy (non-hydrogen) atoms. The minimum Gasteiger partial charge on any atom is -0.435 e. The molecule has 0 spiro atoms. The molecule has 0 bridgehead atoms. The first-order chi connectivity index (χ1) is 12.0. The highest BCUT2D eigenvalue weighted by molar-refractivity contribution is 5.85. The van der Waals surface area contributed by atoms with E-state index in [-0.39, 0.29) is 18.2 Å². The largest absolute Gasteiger partial charge is 0.435 e. The molecule has 3 aromatic rings. The number of hydrogen-bond donors (Lipinski definition) is 1. The second-order valence-corrected chi connectivity index (χ2v) is 5.85. The van der Waals surface area contributed by atoms with Crippen LogP contribution in [-0.2, 0) is 6.54 Å². The van der Waals surface area contributed by atoms with Crippen molar-refractivity contribution in [3.8, 4) is 28.5 Å². The van der Waals surface area contributed by atoms with Gasteiger partial charge in [-0.1, -0.05) is 18.2 Å². The Morgan fingerprint density at radius 1 is 1.08 bits per heavy atom. The average molecular weight is 381 g/mol. The van der Waals surface area contributed by atoms with Crippen LogP contribution in [0.15, 0.2) is 48.5 Å². The first-order valence-electron chi connectivity index (χ1n) is 7.73. The Hall–Kier alpha value is -2.51. The summed E-state index contributed by atoms with van der Waals surface area (Å²) in [5, 5.41) is 7.13. The topological polar surface area (TPSA) is 54.0 Å². The Bertz CT molecular complexity index is 837. The molecule has 1 aromatic heterocycles. The van der Waals surface area contributed by atoms with Gasteiger partial charge in [0.05, 0.1) is 0 Å². The van der Waals surface area contributed by atoms with E-state index in [1.54, 1.807) is 12.1 Å². The Labute approximate surface area is 156 Å². The van der Waals surface area contributed by atoms with Crippen LogP contribution in [0.2, 0.25) is 0 Å². The quantitative estimate of drug-likeness (QED) is 0.695. The summed E-state index contributed by atoms with van der Waals surface area (Å²) in [6.07, 6.45) is 0. The fourth-order valence-electron chi connectivity index (χ4n) is 2.49. The van der Waals surface area contributed by atoms with E-state index in [0.717, 1.165) is 17.7 Å². The number of aromatic amines is 1. The third-order valence-electron chi connectivity index (χ3n) is 3.52. The van der Waals surface area contributed by atoms with E-state index in [2.05, 4.69) is 30.9 Å². The molecule has 0 aliphatic heterocycles. The van der Waals surface area contributed by atoms with Crippen molar-refractivity contribution < 1.29 is 13.5 Å². The predicted octanol–water partition coefficient (Wildman–Crippen LogP) is 4.22. The van der Waals surface area contributed by atoms with Gasteiger partial charge >= 0.3 is 6.61 Å². The number of alkyl halides is 2. The molecule has 0 radical (unpaired) electrons. The molecule has 0 fully saturated rings. The third kappa shape index (κ3) is 5.00. The average Bonchev–Trinajstić information content (AvgIpc) is 3.05. The van der Waals surface area contributed by atoms with Gasteiger partial charge in [0.25, 0.3) is 0 Å². The van der Waals surface area contributed by atoms with Crippen molar-refractivity contribution in [3.63, 3.8) is 0 Å². The normalized spacial score (nSPS) is 10.8. The highest BCUT2D eigenvalue weighted by atomic mass is 35.5. The van der Waals surface area contributed by atoms with Crippen LogP contribution in [0.1, 0.15) is 5.56 Å². The number of nitrogens with zero attached hydrogens (tertiary/aromatic N) is 3. The van der Waals surface area contributed by atoms with Crippen molar-refractivity contribution in [1.29, 1.82) is 0 Å². The standard InChI is InChI=1S/C18H18F2N4O.ClH/c1-24(2)11-12-4-3-5-14(10-12)17-21-16(22-23-17)13-6-8-15(9-7-13)25-18(19)20;/h3-10,18H,11H2,1-2H3,(H,21,22,23);1H. The van der Waals surface area contributed by atoms with Gasteiger partial charge in [0.1, 0.15) is 5.75 Å². The van der Waals surface area contributed by atoms with E-state index in [1.807, 2.05) is 32.3 Å². The molecule has 0 unspecified atom stereocenters. The maximum atomic E-state index is 12.2. The van der Waals surface area contributed by atoms with Crippen LogP contribution in [-0.4, -0.2) is 40.8 Å². The summed E-state index contributed by atoms with van der Waals surface area (Å²) in [4.78, 5) is 6.58. The number of aromatic nitrogens is 3. The maximum absolute atomic E-state index is 12.2. The van der Waals surface area contributed by atoms with Crippen molar-refractivity contribution in [1.82, 2.24) is 20.1 Å². The van der Waals surface area contributed by atoms with Crippen molar-refractivity contribution in [2.75, 3.05) is 14.1 Å². The van der Waals surface area contributed by atoms with Gasteiger partial charge < -0.3 is 9.64 Å². The number of nitrogens with one attached hydrogen (secondary N) is 1. The third-order valence-corrected chi connectivity index (χ3v) is 3.52. The van der Waals surface area contributed by atoms with Gasteiger partial charge in [-0.25, -0.2) is 4.98 Å². The minimum absolute atomic E-state index is 0. The molecule has 0 saturated heterocycles. The van der Waals surface area contributed by atoms with E-state index < -0.39 is 6.61 Å². The summed E-state index contributed by atoms with van der Waals surface area (Å²) in [5.74, 6) is 1.26. The summed E-state index contributed by atoms with van der Waals surface area (Å²) >= 11 is 0. The van der Waals surface area contributed by atoms with Crippen molar-refractivity contribution in [2.45, 2.75) is 13.2 Å². The van der Waals surface area contributed by atoms with Gasteiger partial charge in [0.2, 0.25) is 0 Å². The Morgan fingerprint density at radius 3 is 2.46 bits per heavy atom. The lowest BCUT2D eigenvalue weighted by atomic mass is 10.1. The van der Waals surface area contributed by atoms with E-state index in [0.29, 0.717) is 11.6 Å². The van der Waals surface area contributed by atoms with Crippen LogP contribution in [0, 0.1) is 0 Å². The van der Waals surface area contributed by atoms with E-state index in [9.17, 15) is 8.78 Å². The van der Waals surface area contributed by atoms with Crippen LogP contribution in [0.3, 0.4) is 0 Å². The lowest BCUT2D eigenvalue weighted by Gasteiger charge is -2.09. The highest BCUT2D eigenvalue weighted by Crippen LogP contribution is 2.23. The fraction of sp³-hybridized carbons (Fsp3) is 0.222. The predicted molar refractivity (Wildman–Crippen MR) is 98.5 cm³/mol. The summed E-state index contributed by atoms with van der Waals surface area (Å²) in [7, 11) is 4.03. The fourth-order valence-corrected chi connectivity index (χ4v) is 2.49. The zero-order valence-electron chi connectivity index (χ0n) is 14.3. The zero-order valence-corrected chi connectivity index (χ0v) is 15.1. The van der Waals surface area contributed by atoms with Crippen molar-refractivity contribution in [2.24, 2.45) is 0 Å². The molecule has 0 saturated carbocycles. The molecule has 1 heterocycles. The minimum atomic E-state index is -2.84. The van der Waals surface area contributed by atoms with E-state index in [4.69, 9.17) is 0 Å². The molecule has 0 amide bonds. The van der Waals surface area contributed by atoms with Crippen molar-refractivity contribution >= 4 is 12.4 Å². The lowest BCUT2D eigenvalue weighted by Crippen LogP contribution is -2.10. The summed E-state index contributed by atoms with van der Waals surface area (Å²) in [6, 6.07) is 14.3. The Balaban J connectivity index is 0.00000243. The second kappa shape index (κ2) is 8.73. The highest BCUT2D eigenvalue weighted by Gasteiger charge is 2.10. The maximum Gasteiger partial charge on any atom is 0.387 e. The number of benzene rings is 2. The number of hydrogen-bond acceptors (Lipinski definition) is 4. The summed E-state index contributed by atoms with van der Waals surface area (Å²) in [6.45, 7) is -2.01. The van der Waals surface area contributed by atoms with Crippen molar-refractivity contribution in [3.05, 3.63) is 54.1 Å². The van der Waals surface area contributed by atoms with Gasteiger partial charge in [-0.2, -0.15) is 13.9 Å². The van der Waals surface area contributed by atoms with Crippen LogP contribution in [0.25, 0.3) is 22.8 Å². The summed E-state index contributed by atoms with van der Waals surface area (Å²) < 4.78 is 28.7. The molecule has 1 N–H and O–H groups in total. The van der Waals surface area contributed by atoms with Gasteiger partial charge in [-0.15, -0.1) is 12.4 Å². The molecule has 8 heteroatoms. The van der Waals surface area contributed by atoms with Crippen LogP contribution in [0.5, 0.6) is 5.75 Å². The van der Waals surface area contributed by atoms with Gasteiger partial charge in [0, 0.05) is 17.7 Å². The summed E-state index contributed by atoms with van der Waals surface area (Å²) in [5.41, 5.74) is 2.83. The van der Waals surface area contributed by atoms with E-state index in [1.165, 1.54) is 17.7 Å². The SMILES string of the molecule is CN(C)Cc1cccc(-c2n[nH]c(-c3ccc(OC(F)F)cc3)n2)c1.Cl. The lowest BCUT2D eigenvalue weighted by molar-refractivity contribution is -0.0498. The van der Waals surface area contributed by atoms with Gasteiger partial charge in [-0.3, -0.25) is 5.10 Å². The Kier molecular flexibility index (Phi) is 6.65. The molecule has 3 rings (SSSR count). The second-order valence-electron chi connectivity index (χ2n) is 5.85. The van der Waals surface area contributed by atoms with E-state index >= 15 is 0 Å². The number of rotatable bonds is 6. The smallest absolute Gasteiger partial charge is 0.387 e. The first-order valence-corrected chi connectivity index (χ1v) is 7.73. The molecule has 0 aliphatic rings. The number of H-pyrrole nitrogens is 1. The van der Waals surface area contributed by atoms with Gasteiger partial charge in [0.15, 0.2) is 11.6 Å². The molecular weight excluding hydrogens is 362 g/mol. The first kappa shape index (κ1) is 19.8. The molecular formula is C18H19ClF2N4O. The molecule has 0 aliphatic carbocycles. The Morgan fingerprint density at radius 2 is 1.81 bits per heavy atom. The number of ether oxygens (including phenoxy) is 1. The monoisotopic (exact) mass is 380 g/mol. The molecule has 5 nitrogen and oxygen atoms in total. The van der Waals surface area contributed by atoms with Crippen LogP contribution in [0.4, 0.5) is 8.78 Å². The van der Waals surface area contributed by atoms with Gasteiger partial charge in [-0.05, 0) is 50.0 Å². The number of halogens is 3. The zero-order chi connectivity index (χ0) is 17.8. The molecule has 0 atom stereocenters. The molecule has 138 valence electrons. The molecule has 2 aromatic carbocycles.